The van der Waals surface area contributed by atoms with Crippen molar-refractivity contribution in [2.75, 3.05) is 13.2 Å². The van der Waals surface area contributed by atoms with E-state index in [1.807, 2.05) is 6.07 Å². The van der Waals surface area contributed by atoms with Crippen LogP contribution in [-0.4, -0.2) is 35.0 Å². The van der Waals surface area contributed by atoms with Gasteiger partial charge in [0.2, 0.25) is 0 Å². The second kappa shape index (κ2) is 6.51. The van der Waals surface area contributed by atoms with Crippen LogP contribution in [0.15, 0.2) is 30.3 Å². The molecular weight excluding hydrogens is 238 g/mol. The van der Waals surface area contributed by atoms with Crippen LogP contribution in [0.25, 0.3) is 0 Å². The summed E-state index contributed by atoms with van der Waals surface area (Å²) in [6, 6.07) is 11.0. The third-order valence-corrected chi connectivity index (χ3v) is 4.08. The maximum absolute atomic E-state index is 9.90. The van der Waals surface area contributed by atoms with E-state index in [-0.39, 0.29) is 6.61 Å². The second-order valence-electron chi connectivity index (χ2n) is 5.94. The van der Waals surface area contributed by atoms with Crippen molar-refractivity contribution < 1.29 is 10.2 Å². The molecule has 0 aromatic heterocycles. The molecule has 106 valence electrons. The van der Waals surface area contributed by atoms with E-state index in [0.717, 1.165) is 6.42 Å². The summed E-state index contributed by atoms with van der Waals surface area (Å²) in [6.45, 7) is 1.90. The molecule has 3 unspecified atom stereocenters. The number of rotatable bonds is 5. The predicted molar refractivity (Wildman–Crippen MR) is 77.2 cm³/mol. The van der Waals surface area contributed by atoms with Crippen molar-refractivity contribution in [1.29, 1.82) is 0 Å². The Morgan fingerprint density at radius 3 is 2.58 bits per heavy atom. The topological polar surface area (TPSA) is 52.5 Å². The standard InChI is InChI=1S/C16H25NO2/c1-16(19,12-18)11-17-15-10-6-5-9-14(15)13-7-3-2-4-8-13/h2-4,7-8,14-15,17-19H,5-6,9-12H2,1H3. The lowest BCUT2D eigenvalue weighted by Gasteiger charge is -2.35. The third-order valence-electron chi connectivity index (χ3n) is 4.08. The highest BCUT2D eigenvalue weighted by Crippen LogP contribution is 2.33. The molecule has 3 N–H and O–H groups in total. The maximum Gasteiger partial charge on any atom is 0.0972 e. The molecule has 3 atom stereocenters. The van der Waals surface area contributed by atoms with Gasteiger partial charge in [-0.1, -0.05) is 43.2 Å². The van der Waals surface area contributed by atoms with Gasteiger partial charge in [0, 0.05) is 12.6 Å². The number of hydrogen-bond acceptors (Lipinski definition) is 3. The molecule has 0 saturated heterocycles. The summed E-state index contributed by atoms with van der Waals surface area (Å²) in [7, 11) is 0. The summed E-state index contributed by atoms with van der Waals surface area (Å²) in [5.41, 5.74) is 0.349. The molecule has 1 aromatic rings. The van der Waals surface area contributed by atoms with E-state index in [4.69, 9.17) is 5.11 Å². The van der Waals surface area contributed by atoms with Gasteiger partial charge >= 0.3 is 0 Å². The number of aliphatic hydroxyl groups is 2. The molecule has 1 aromatic carbocycles. The van der Waals surface area contributed by atoms with Gasteiger partial charge in [-0.25, -0.2) is 0 Å². The van der Waals surface area contributed by atoms with Crippen molar-refractivity contribution in [2.24, 2.45) is 0 Å². The monoisotopic (exact) mass is 263 g/mol. The Labute approximate surface area is 115 Å². The first-order chi connectivity index (χ1) is 9.12. The normalized spacial score (nSPS) is 26.9. The van der Waals surface area contributed by atoms with Crippen LogP contribution in [0.3, 0.4) is 0 Å². The van der Waals surface area contributed by atoms with Crippen LogP contribution < -0.4 is 5.32 Å². The average Bonchev–Trinajstić information content (AvgIpc) is 2.46. The summed E-state index contributed by atoms with van der Waals surface area (Å²) in [5, 5.41) is 22.5. The van der Waals surface area contributed by atoms with Crippen LogP contribution in [0.2, 0.25) is 0 Å². The van der Waals surface area contributed by atoms with E-state index in [2.05, 4.69) is 29.6 Å². The smallest absolute Gasteiger partial charge is 0.0972 e. The van der Waals surface area contributed by atoms with Gasteiger partial charge in [0.05, 0.1) is 12.2 Å². The van der Waals surface area contributed by atoms with Gasteiger partial charge in [-0.15, -0.1) is 0 Å². The van der Waals surface area contributed by atoms with Gasteiger partial charge < -0.3 is 15.5 Å². The van der Waals surface area contributed by atoms with Crippen LogP contribution in [0, 0.1) is 0 Å². The Morgan fingerprint density at radius 1 is 1.21 bits per heavy atom. The first kappa shape index (κ1) is 14.5. The van der Waals surface area contributed by atoms with E-state index in [1.54, 1.807) is 6.92 Å². The number of hydrogen-bond donors (Lipinski definition) is 3. The van der Waals surface area contributed by atoms with Crippen molar-refractivity contribution in [2.45, 2.75) is 50.2 Å². The summed E-state index contributed by atoms with van der Waals surface area (Å²) < 4.78 is 0. The number of nitrogens with one attached hydrogen (secondary N) is 1. The first-order valence-electron chi connectivity index (χ1n) is 7.24. The van der Waals surface area contributed by atoms with Gasteiger partial charge in [-0.3, -0.25) is 0 Å². The largest absolute Gasteiger partial charge is 0.393 e. The zero-order valence-corrected chi connectivity index (χ0v) is 11.7. The minimum atomic E-state index is -1.03. The molecule has 3 heteroatoms. The van der Waals surface area contributed by atoms with Crippen molar-refractivity contribution in [3.05, 3.63) is 35.9 Å². The van der Waals surface area contributed by atoms with Crippen molar-refractivity contribution in [3.8, 4) is 0 Å². The SMILES string of the molecule is CC(O)(CO)CNC1CCCCC1c1ccccc1. The lowest BCUT2D eigenvalue weighted by Crippen LogP contribution is -2.47. The minimum absolute atomic E-state index is 0.206. The van der Waals surface area contributed by atoms with Gasteiger partial charge in [0.25, 0.3) is 0 Å². The molecular formula is C16H25NO2. The Kier molecular flexibility index (Phi) is 4.97. The maximum atomic E-state index is 9.90. The lowest BCUT2D eigenvalue weighted by atomic mass is 9.80. The molecule has 3 nitrogen and oxygen atoms in total. The average molecular weight is 263 g/mol. The molecule has 0 heterocycles. The predicted octanol–water partition coefficient (Wildman–Crippen LogP) is 2.05. The Hall–Kier alpha value is -0.900. The van der Waals surface area contributed by atoms with Crippen LogP contribution in [-0.2, 0) is 0 Å². The Bertz CT molecular complexity index is 378. The fraction of sp³-hybridized carbons (Fsp3) is 0.625. The Balaban J connectivity index is 2.01. The zero-order chi connectivity index (χ0) is 13.7. The van der Waals surface area contributed by atoms with Crippen LogP contribution in [0.1, 0.15) is 44.1 Å². The molecule has 1 saturated carbocycles. The summed E-state index contributed by atoms with van der Waals surface area (Å²) in [5.74, 6) is 0.518. The molecule has 19 heavy (non-hydrogen) atoms. The molecule has 0 bridgehead atoms. The highest BCUT2D eigenvalue weighted by molar-refractivity contribution is 5.22. The van der Waals surface area contributed by atoms with E-state index in [9.17, 15) is 5.11 Å². The highest BCUT2D eigenvalue weighted by Gasteiger charge is 2.28. The molecule has 1 fully saturated rings. The fourth-order valence-electron chi connectivity index (χ4n) is 2.88. The molecule has 0 aliphatic heterocycles. The molecule has 0 amide bonds. The fourth-order valence-corrected chi connectivity index (χ4v) is 2.88. The van der Waals surface area contributed by atoms with Crippen LogP contribution in [0.4, 0.5) is 0 Å². The van der Waals surface area contributed by atoms with Gasteiger partial charge in [-0.2, -0.15) is 0 Å². The van der Waals surface area contributed by atoms with E-state index >= 15 is 0 Å². The molecule has 1 aliphatic carbocycles. The summed E-state index contributed by atoms with van der Waals surface area (Å²) in [6.07, 6.45) is 4.85. The van der Waals surface area contributed by atoms with Gasteiger partial charge in [-0.05, 0) is 31.2 Å². The Morgan fingerprint density at radius 2 is 1.89 bits per heavy atom. The molecule has 2 rings (SSSR count). The van der Waals surface area contributed by atoms with Crippen LogP contribution in [0.5, 0.6) is 0 Å². The van der Waals surface area contributed by atoms with Crippen LogP contribution >= 0.6 is 0 Å². The van der Waals surface area contributed by atoms with E-state index in [1.165, 1.54) is 24.8 Å². The molecule has 0 radical (unpaired) electrons. The zero-order valence-electron chi connectivity index (χ0n) is 11.7. The lowest BCUT2D eigenvalue weighted by molar-refractivity contribution is -0.000705. The van der Waals surface area contributed by atoms with E-state index in [0.29, 0.717) is 18.5 Å². The number of aliphatic hydroxyl groups excluding tert-OH is 1. The molecule has 0 spiro atoms. The third kappa shape index (κ3) is 4.03. The molecule has 1 aliphatic rings. The first-order valence-corrected chi connectivity index (χ1v) is 7.24. The van der Waals surface area contributed by atoms with Crippen molar-refractivity contribution in [3.63, 3.8) is 0 Å². The summed E-state index contributed by atoms with van der Waals surface area (Å²) >= 11 is 0. The van der Waals surface area contributed by atoms with Crippen molar-refractivity contribution >= 4 is 0 Å². The second-order valence-corrected chi connectivity index (χ2v) is 5.94. The summed E-state index contributed by atoms with van der Waals surface area (Å²) in [4.78, 5) is 0. The highest BCUT2D eigenvalue weighted by atomic mass is 16.3. The van der Waals surface area contributed by atoms with E-state index < -0.39 is 5.60 Å². The van der Waals surface area contributed by atoms with Gasteiger partial charge in [0.1, 0.15) is 0 Å². The quantitative estimate of drug-likeness (QED) is 0.762. The van der Waals surface area contributed by atoms with Crippen molar-refractivity contribution in [1.82, 2.24) is 5.32 Å². The minimum Gasteiger partial charge on any atom is -0.393 e. The number of benzene rings is 1. The van der Waals surface area contributed by atoms with Gasteiger partial charge in [0.15, 0.2) is 0 Å².